The Morgan fingerprint density at radius 3 is 3.00 bits per heavy atom. The zero-order valence-corrected chi connectivity index (χ0v) is 12.5. The molecule has 1 aromatic rings. The maximum atomic E-state index is 4.65. The van der Waals surface area contributed by atoms with Crippen LogP contribution in [-0.4, -0.2) is 54.6 Å². The van der Waals surface area contributed by atoms with E-state index in [0.717, 1.165) is 30.4 Å². The van der Waals surface area contributed by atoms with Crippen LogP contribution in [-0.2, 0) is 0 Å². The van der Waals surface area contributed by atoms with Crippen molar-refractivity contribution in [3.63, 3.8) is 0 Å². The third-order valence-corrected chi connectivity index (χ3v) is 3.76. The van der Waals surface area contributed by atoms with Crippen LogP contribution in [0, 0.1) is 6.92 Å². The SMILES string of the molecule is CCNc1ncc(C)c(N(C)C2CCCN(C)C2)n1. The molecule has 0 radical (unpaired) electrons. The molecule has 106 valence electrons. The van der Waals surface area contributed by atoms with Crippen LogP contribution in [0.2, 0.25) is 0 Å². The first-order valence-electron chi connectivity index (χ1n) is 7.10. The number of likely N-dealkylation sites (N-methyl/N-ethyl adjacent to an activating group) is 2. The summed E-state index contributed by atoms with van der Waals surface area (Å²) in [5.41, 5.74) is 1.14. The fourth-order valence-electron chi connectivity index (χ4n) is 2.66. The van der Waals surface area contributed by atoms with Crippen molar-refractivity contribution in [3.05, 3.63) is 11.8 Å². The van der Waals surface area contributed by atoms with E-state index in [1.165, 1.54) is 19.4 Å². The standard InChI is InChI=1S/C14H25N5/c1-5-15-14-16-9-11(2)13(17-14)19(4)12-7-6-8-18(3)10-12/h9,12H,5-8,10H2,1-4H3,(H,15,16,17). The van der Waals surface area contributed by atoms with Gasteiger partial charge in [-0.3, -0.25) is 0 Å². The van der Waals surface area contributed by atoms with E-state index >= 15 is 0 Å². The Balaban J connectivity index is 2.17. The third-order valence-electron chi connectivity index (χ3n) is 3.76. The smallest absolute Gasteiger partial charge is 0.224 e. The first-order chi connectivity index (χ1) is 9.11. The van der Waals surface area contributed by atoms with E-state index in [1.807, 2.05) is 6.20 Å². The largest absolute Gasteiger partial charge is 0.355 e. The summed E-state index contributed by atoms with van der Waals surface area (Å²) in [6.45, 7) is 7.29. The summed E-state index contributed by atoms with van der Waals surface area (Å²) in [5, 5.41) is 3.18. The molecule has 5 nitrogen and oxygen atoms in total. The molecular formula is C14H25N5. The second kappa shape index (κ2) is 6.19. The number of aryl methyl sites for hydroxylation is 1. The van der Waals surface area contributed by atoms with Crippen LogP contribution in [0.1, 0.15) is 25.3 Å². The van der Waals surface area contributed by atoms with Crippen LogP contribution in [0.25, 0.3) is 0 Å². The predicted molar refractivity (Wildman–Crippen MR) is 79.9 cm³/mol. The number of nitrogens with zero attached hydrogens (tertiary/aromatic N) is 4. The molecule has 1 aromatic heterocycles. The average molecular weight is 263 g/mol. The highest BCUT2D eigenvalue weighted by atomic mass is 15.3. The number of aromatic nitrogens is 2. The van der Waals surface area contributed by atoms with Crippen molar-refractivity contribution in [2.45, 2.75) is 32.7 Å². The zero-order valence-electron chi connectivity index (χ0n) is 12.5. The van der Waals surface area contributed by atoms with Crippen molar-refractivity contribution < 1.29 is 0 Å². The number of likely N-dealkylation sites (tertiary alicyclic amines) is 1. The fourth-order valence-corrected chi connectivity index (χ4v) is 2.66. The molecule has 1 saturated heterocycles. The normalized spacial score (nSPS) is 20.3. The van der Waals surface area contributed by atoms with Gasteiger partial charge in [0.2, 0.25) is 5.95 Å². The van der Waals surface area contributed by atoms with Gasteiger partial charge in [0.15, 0.2) is 0 Å². The molecule has 1 atom stereocenters. The Labute approximate surface area is 116 Å². The van der Waals surface area contributed by atoms with Crippen LogP contribution in [0.5, 0.6) is 0 Å². The van der Waals surface area contributed by atoms with Crippen LogP contribution in [0.15, 0.2) is 6.20 Å². The van der Waals surface area contributed by atoms with Crippen molar-refractivity contribution >= 4 is 11.8 Å². The highest BCUT2D eigenvalue weighted by molar-refractivity contribution is 5.49. The quantitative estimate of drug-likeness (QED) is 0.896. The molecular weight excluding hydrogens is 238 g/mol. The molecule has 19 heavy (non-hydrogen) atoms. The molecule has 0 aliphatic carbocycles. The van der Waals surface area contributed by atoms with Crippen LogP contribution < -0.4 is 10.2 Å². The van der Waals surface area contributed by atoms with E-state index in [1.54, 1.807) is 0 Å². The van der Waals surface area contributed by atoms with E-state index < -0.39 is 0 Å². The monoisotopic (exact) mass is 263 g/mol. The molecule has 2 heterocycles. The summed E-state index contributed by atoms with van der Waals surface area (Å²) in [4.78, 5) is 13.7. The lowest BCUT2D eigenvalue weighted by Gasteiger charge is -2.37. The minimum Gasteiger partial charge on any atom is -0.355 e. The van der Waals surface area contributed by atoms with Gasteiger partial charge in [-0.1, -0.05) is 0 Å². The molecule has 0 aromatic carbocycles. The minimum absolute atomic E-state index is 0.543. The number of anilines is 2. The summed E-state index contributed by atoms with van der Waals surface area (Å²) in [7, 11) is 4.34. The third kappa shape index (κ3) is 3.35. The van der Waals surface area contributed by atoms with Crippen molar-refractivity contribution in [1.82, 2.24) is 14.9 Å². The highest BCUT2D eigenvalue weighted by Crippen LogP contribution is 2.22. The molecule has 0 bridgehead atoms. The first-order valence-corrected chi connectivity index (χ1v) is 7.10. The van der Waals surface area contributed by atoms with E-state index in [9.17, 15) is 0 Å². The average Bonchev–Trinajstić information content (AvgIpc) is 2.40. The van der Waals surface area contributed by atoms with Crippen LogP contribution in [0.4, 0.5) is 11.8 Å². The van der Waals surface area contributed by atoms with Gasteiger partial charge in [-0.25, -0.2) is 4.98 Å². The summed E-state index contributed by atoms with van der Waals surface area (Å²) >= 11 is 0. The van der Waals surface area contributed by atoms with Crippen LogP contribution >= 0.6 is 0 Å². The lowest BCUT2D eigenvalue weighted by atomic mass is 10.0. The zero-order chi connectivity index (χ0) is 13.8. The first kappa shape index (κ1) is 14.1. The van der Waals surface area contributed by atoms with Crippen molar-refractivity contribution in [2.75, 3.05) is 43.9 Å². The van der Waals surface area contributed by atoms with Gasteiger partial charge in [-0.15, -0.1) is 0 Å². The molecule has 1 unspecified atom stereocenters. The lowest BCUT2D eigenvalue weighted by Crippen LogP contribution is -2.45. The van der Waals surface area contributed by atoms with Gasteiger partial charge >= 0.3 is 0 Å². The predicted octanol–water partition coefficient (Wildman–Crippen LogP) is 1.75. The summed E-state index contributed by atoms with van der Waals surface area (Å²) in [6, 6.07) is 0.543. The van der Waals surface area contributed by atoms with E-state index in [0.29, 0.717) is 6.04 Å². The number of piperidine rings is 1. The van der Waals surface area contributed by atoms with E-state index in [2.05, 4.69) is 53.0 Å². The van der Waals surface area contributed by atoms with Crippen LogP contribution in [0.3, 0.4) is 0 Å². The molecule has 0 spiro atoms. The maximum Gasteiger partial charge on any atom is 0.224 e. The lowest BCUT2D eigenvalue weighted by molar-refractivity contribution is 0.247. The van der Waals surface area contributed by atoms with Gasteiger partial charge in [-0.2, -0.15) is 4.98 Å². The van der Waals surface area contributed by atoms with Gasteiger partial charge in [0.25, 0.3) is 0 Å². The number of hydrogen-bond donors (Lipinski definition) is 1. The Morgan fingerprint density at radius 2 is 2.32 bits per heavy atom. The van der Waals surface area contributed by atoms with E-state index in [4.69, 9.17) is 0 Å². The molecule has 5 heteroatoms. The highest BCUT2D eigenvalue weighted by Gasteiger charge is 2.23. The minimum atomic E-state index is 0.543. The van der Waals surface area contributed by atoms with Gasteiger partial charge < -0.3 is 15.1 Å². The van der Waals surface area contributed by atoms with Crippen molar-refractivity contribution in [1.29, 1.82) is 0 Å². The Hall–Kier alpha value is -1.36. The van der Waals surface area contributed by atoms with Crippen molar-refractivity contribution in [3.8, 4) is 0 Å². The molecule has 0 amide bonds. The molecule has 1 aliphatic heterocycles. The summed E-state index contributed by atoms with van der Waals surface area (Å²) < 4.78 is 0. The van der Waals surface area contributed by atoms with Gasteiger partial charge in [0.05, 0.1) is 0 Å². The topological polar surface area (TPSA) is 44.3 Å². The second-order valence-electron chi connectivity index (χ2n) is 5.40. The Morgan fingerprint density at radius 1 is 1.53 bits per heavy atom. The summed E-state index contributed by atoms with van der Waals surface area (Å²) in [6.07, 6.45) is 4.40. The number of hydrogen-bond acceptors (Lipinski definition) is 5. The van der Waals surface area contributed by atoms with Gasteiger partial charge in [0, 0.05) is 37.9 Å². The van der Waals surface area contributed by atoms with Gasteiger partial charge in [0.1, 0.15) is 5.82 Å². The maximum absolute atomic E-state index is 4.65. The molecule has 2 rings (SSSR count). The second-order valence-corrected chi connectivity index (χ2v) is 5.40. The molecule has 1 fully saturated rings. The van der Waals surface area contributed by atoms with Gasteiger partial charge in [-0.05, 0) is 40.3 Å². The summed E-state index contributed by atoms with van der Waals surface area (Å²) in [5.74, 6) is 1.77. The van der Waals surface area contributed by atoms with E-state index in [-0.39, 0.29) is 0 Å². The fraction of sp³-hybridized carbons (Fsp3) is 0.714. The number of nitrogens with one attached hydrogen (secondary N) is 1. The number of rotatable bonds is 4. The molecule has 0 saturated carbocycles. The Kier molecular flexibility index (Phi) is 4.58. The Bertz CT molecular complexity index is 420. The molecule has 1 aliphatic rings. The molecule has 1 N–H and O–H groups in total. The van der Waals surface area contributed by atoms with Crippen molar-refractivity contribution in [2.24, 2.45) is 0 Å².